The molecule has 1 unspecified atom stereocenters. The molecule has 8 nitrogen and oxygen atoms in total. The summed E-state index contributed by atoms with van der Waals surface area (Å²) in [5.41, 5.74) is 9.75. The second-order valence-electron chi connectivity index (χ2n) is 11.2. The van der Waals surface area contributed by atoms with Crippen molar-refractivity contribution in [1.82, 2.24) is 29.1 Å². The van der Waals surface area contributed by atoms with Gasteiger partial charge in [-0.25, -0.2) is 19.9 Å². The fraction of sp³-hybridized carbons (Fsp3) is 0.265. The lowest BCUT2D eigenvalue weighted by molar-refractivity contribution is 0.112. The van der Waals surface area contributed by atoms with Gasteiger partial charge in [0, 0.05) is 81.6 Å². The van der Waals surface area contributed by atoms with Crippen molar-refractivity contribution in [2.75, 3.05) is 0 Å². The third-order valence-electron chi connectivity index (χ3n) is 8.61. The van der Waals surface area contributed by atoms with Gasteiger partial charge in [0.25, 0.3) is 0 Å². The molecule has 0 amide bonds. The molecule has 2 aliphatic rings. The van der Waals surface area contributed by atoms with Gasteiger partial charge in [-0.2, -0.15) is 0 Å². The SMILES string of the molecule is CCC(O)c1cnc(Cl)nc1-c1cn2c3c(cccc13)CCC2.O=Cc1cnc(Cl)nc1-c1cn2c3c(cccc13)CCC2.[2HH].[2H][2H].[2H][2H].[2H][2H].[2H][2H].[2H][2H]. The highest BCUT2D eigenvalue weighted by Gasteiger charge is 2.22. The van der Waals surface area contributed by atoms with Gasteiger partial charge in [0.2, 0.25) is 10.6 Å². The molecule has 0 radical (unpaired) electrons. The van der Waals surface area contributed by atoms with Crippen LogP contribution in [0.1, 0.15) is 75.6 Å². The zero-order valence-corrected chi connectivity index (χ0v) is 25.7. The van der Waals surface area contributed by atoms with Gasteiger partial charge in [-0.3, -0.25) is 4.79 Å². The maximum absolute atomic E-state index is 11.3. The van der Waals surface area contributed by atoms with Crippen molar-refractivity contribution < 1.29 is 26.2 Å². The molecule has 0 spiro atoms. The maximum atomic E-state index is 11.3. The van der Waals surface area contributed by atoms with E-state index in [0.29, 0.717) is 17.7 Å². The van der Waals surface area contributed by atoms with Gasteiger partial charge in [0.1, 0.15) is 0 Å². The number of benzene rings is 2. The monoisotopic (exact) mass is 647 g/mol. The molecule has 0 saturated carbocycles. The molecule has 8 rings (SSSR count). The second-order valence-corrected chi connectivity index (χ2v) is 11.9. The summed E-state index contributed by atoms with van der Waals surface area (Å²) in [7, 11) is 0. The Kier molecular flexibility index (Phi) is 6.23. The van der Waals surface area contributed by atoms with Gasteiger partial charge in [0.05, 0.1) is 34.1 Å². The van der Waals surface area contributed by atoms with Gasteiger partial charge in [-0.15, -0.1) is 0 Å². The van der Waals surface area contributed by atoms with Crippen LogP contribution < -0.4 is 0 Å². The van der Waals surface area contributed by atoms with Crippen LogP contribution in [0.2, 0.25) is 10.6 Å². The van der Waals surface area contributed by atoms with Crippen LogP contribution in [0.5, 0.6) is 0 Å². The van der Waals surface area contributed by atoms with Gasteiger partial charge in [0.15, 0.2) is 6.29 Å². The fourth-order valence-corrected chi connectivity index (χ4v) is 6.88. The molecule has 10 heteroatoms. The number of aromatic nitrogens is 6. The van der Waals surface area contributed by atoms with Crippen LogP contribution in [0.4, 0.5) is 0 Å². The average Bonchev–Trinajstić information content (AvgIpc) is 3.82. The van der Waals surface area contributed by atoms with Gasteiger partial charge in [-0.05, 0) is 66.4 Å². The van der Waals surface area contributed by atoms with E-state index in [1.54, 1.807) is 6.20 Å². The molecule has 2 aliphatic heterocycles. The average molecular weight is 649 g/mol. The van der Waals surface area contributed by atoms with E-state index in [4.69, 9.17) is 38.0 Å². The summed E-state index contributed by atoms with van der Waals surface area (Å²) < 4.78 is 54.5. The summed E-state index contributed by atoms with van der Waals surface area (Å²) in [5.74, 6) is 0. The van der Waals surface area contributed by atoms with Crippen molar-refractivity contribution in [2.45, 2.75) is 58.2 Å². The summed E-state index contributed by atoms with van der Waals surface area (Å²) in [5, 5.41) is 13.0. The number of para-hydroxylation sites is 2. The Labute approximate surface area is 281 Å². The summed E-state index contributed by atoms with van der Waals surface area (Å²) in [6.45, 7) is 3.94. The Morgan fingerprint density at radius 2 is 1.43 bits per heavy atom. The van der Waals surface area contributed by atoms with Gasteiger partial charge >= 0.3 is 0 Å². The van der Waals surface area contributed by atoms with Crippen molar-refractivity contribution in [1.29, 1.82) is 0 Å². The molecule has 0 saturated heterocycles. The molecular weight excluding hydrogens is 595 g/mol. The summed E-state index contributed by atoms with van der Waals surface area (Å²) in [6.07, 6.45) is 12.6. The topological polar surface area (TPSA) is 98.7 Å². The highest BCUT2D eigenvalue weighted by Crippen LogP contribution is 2.38. The lowest BCUT2D eigenvalue weighted by atomic mass is 9.99. The molecule has 0 aliphatic carbocycles. The quantitative estimate of drug-likeness (QED) is 0.148. The lowest BCUT2D eigenvalue weighted by Gasteiger charge is -2.14. The molecule has 1 N–H and O–H groups in total. The summed E-state index contributed by atoms with van der Waals surface area (Å²) >= 11 is 12.0. The van der Waals surface area contributed by atoms with Crippen molar-refractivity contribution >= 4 is 51.3 Å². The molecule has 44 heavy (non-hydrogen) atoms. The van der Waals surface area contributed by atoms with Crippen LogP contribution in [0.25, 0.3) is 44.3 Å². The molecule has 234 valence electrons. The number of carbonyl (C=O) groups excluding carboxylic acids is 1. The van der Waals surface area contributed by atoms with Crippen LogP contribution in [0.3, 0.4) is 0 Å². The van der Waals surface area contributed by atoms with E-state index in [-0.39, 0.29) is 12.0 Å². The summed E-state index contributed by atoms with van der Waals surface area (Å²) in [6, 6.07) is 12.7. The number of aryl methyl sites for hydroxylation is 4. The number of aliphatic hydroxyl groups is 1. The van der Waals surface area contributed by atoms with Crippen LogP contribution in [-0.2, 0) is 25.9 Å². The number of halogens is 2. The molecule has 1 atom stereocenters. The smallest absolute Gasteiger partial charge is 0.222 e. The minimum absolute atomic E-state index is 0. The van der Waals surface area contributed by atoms with E-state index >= 15 is 0 Å². The number of aliphatic hydroxyl groups excluding tert-OH is 1. The van der Waals surface area contributed by atoms with Crippen molar-refractivity contribution in [3.05, 3.63) is 94.0 Å². The first kappa shape index (κ1) is 23.3. The van der Waals surface area contributed by atoms with Crippen LogP contribution in [0.15, 0.2) is 61.2 Å². The second kappa shape index (κ2) is 11.8. The Morgan fingerprint density at radius 1 is 0.886 bits per heavy atom. The zero-order valence-electron chi connectivity index (χ0n) is 34.2. The van der Waals surface area contributed by atoms with Crippen molar-refractivity contribution in [3.8, 4) is 22.5 Å². The number of nitrogens with zero attached hydrogens (tertiary/aromatic N) is 6. The number of hydrogen-bond donors (Lipinski definition) is 1. The highest BCUT2D eigenvalue weighted by atomic mass is 35.5. The Balaban J connectivity index is 0.000000443. The summed E-state index contributed by atoms with van der Waals surface area (Å²) in [4.78, 5) is 27.9. The molecule has 4 aromatic heterocycles. The minimum atomic E-state index is -0.589. The predicted octanol–water partition coefficient (Wildman–Crippen LogP) is 9.13. The van der Waals surface area contributed by atoms with E-state index in [0.717, 1.165) is 72.8 Å². The molecular formula is C34H42Cl2N6O2. The van der Waals surface area contributed by atoms with E-state index in [2.05, 4.69) is 77.9 Å². The molecule has 0 fully saturated rings. The van der Waals surface area contributed by atoms with Crippen molar-refractivity contribution in [3.63, 3.8) is 0 Å². The van der Waals surface area contributed by atoms with E-state index in [1.807, 2.05) is 6.92 Å². The normalized spacial score (nSPS) is 15.3. The van der Waals surface area contributed by atoms with Crippen molar-refractivity contribution in [2.24, 2.45) is 0 Å². The van der Waals surface area contributed by atoms with E-state index < -0.39 is 6.10 Å². The Morgan fingerprint density at radius 3 is 2.00 bits per heavy atom. The van der Waals surface area contributed by atoms with Gasteiger partial charge < -0.3 is 14.2 Å². The first-order chi connectivity index (χ1) is 26.5. The zero-order chi connectivity index (χ0) is 40.4. The molecule has 2 aromatic carbocycles. The first-order valence-corrected chi connectivity index (χ1v) is 15.6. The number of rotatable bonds is 5. The Bertz CT molecular complexity index is 2090. The van der Waals surface area contributed by atoms with Crippen LogP contribution in [-0.4, -0.2) is 40.5 Å². The maximum Gasteiger partial charge on any atom is 0.222 e. The number of hydrogen-bond acceptors (Lipinski definition) is 6. The van der Waals surface area contributed by atoms with E-state index in [1.165, 1.54) is 33.7 Å². The predicted molar refractivity (Wildman–Crippen MR) is 186 cm³/mol. The van der Waals surface area contributed by atoms with Crippen LogP contribution in [0, 0.1) is 0 Å². The molecule has 6 aromatic rings. The Hall–Kier alpha value is -4.11. The first-order valence-electron chi connectivity index (χ1n) is 19.9. The molecule has 6 heterocycles. The van der Waals surface area contributed by atoms with E-state index in [9.17, 15) is 9.90 Å². The number of aldehydes is 1. The largest absolute Gasteiger partial charge is 0.388 e. The van der Waals surface area contributed by atoms with Crippen LogP contribution >= 0.6 is 23.2 Å². The standard InChI is InChI=1S/C18H18ClN3O.C16H12ClN3O.6H2/c1-2-15(23)13-9-20-18(19)21-16(13)14-10-22-8-4-6-11-5-3-7-12(14)17(11)22;17-16-18-7-11(9-21)14(19-16)13-8-20-6-2-4-10-3-1-5-12(13)15(10)20;;;;;;/h3,5,7,9-10,15,23H,2,4,6,8H2,1H3;1,3,5,7-9H,2,4,6H2;6*1H/i;;5*1+1D;1+1. The lowest BCUT2D eigenvalue weighted by Crippen LogP contribution is -2.05. The minimum Gasteiger partial charge on any atom is -0.388 e. The molecule has 0 bridgehead atoms. The highest BCUT2D eigenvalue weighted by molar-refractivity contribution is 6.28. The van der Waals surface area contributed by atoms with Gasteiger partial charge in [-0.1, -0.05) is 43.3 Å². The third kappa shape index (κ3) is 4.97. The fourth-order valence-electron chi connectivity index (χ4n) is 6.61. The third-order valence-corrected chi connectivity index (χ3v) is 8.98. The number of carbonyl (C=O) groups is 1.